The van der Waals surface area contributed by atoms with Crippen LogP contribution in [0.2, 0.25) is 5.02 Å². The lowest BCUT2D eigenvalue weighted by molar-refractivity contribution is 0.0902. The summed E-state index contributed by atoms with van der Waals surface area (Å²) in [6, 6.07) is 2.55. The van der Waals surface area contributed by atoms with Gasteiger partial charge in [-0.3, -0.25) is 0 Å². The van der Waals surface area contributed by atoms with Crippen LogP contribution in [-0.2, 0) is 14.8 Å². The summed E-state index contributed by atoms with van der Waals surface area (Å²) < 4.78 is 32.8. The minimum Gasteiger partial charge on any atom is -0.398 e. The molecule has 0 aromatic heterocycles. The monoisotopic (exact) mass is 318 g/mol. The predicted octanol–water partition coefficient (Wildman–Crippen LogP) is 2.08. The number of sulfonamides is 1. The quantitative estimate of drug-likeness (QED) is 0.833. The lowest BCUT2D eigenvalue weighted by Crippen LogP contribution is -2.40. The minimum atomic E-state index is -3.65. The Morgan fingerprint density at radius 1 is 1.50 bits per heavy atom. The average molecular weight is 319 g/mol. The van der Waals surface area contributed by atoms with Crippen molar-refractivity contribution in [1.82, 2.24) is 4.72 Å². The number of rotatable bonds is 4. The highest BCUT2D eigenvalue weighted by Crippen LogP contribution is 2.26. The van der Waals surface area contributed by atoms with Crippen LogP contribution in [0.5, 0.6) is 0 Å². The normalized spacial score (nSPS) is 21.1. The molecule has 1 heterocycles. The van der Waals surface area contributed by atoms with Gasteiger partial charge < -0.3 is 10.5 Å². The molecule has 0 radical (unpaired) electrons. The molecule has 1 aromatic rings. The molecule has 0 amide bonds. The van der Waals surface area contributed by atoms with Crippen molar-refractivity contribution < 1.29 is 13.2 Å². The summed E-state index contributed by atoms with van der Waals surface area (Å²) in [5, 5.41) is 0.343. The number of ether oxygens (including phenoxy) is 1. The number of nitrogens with two attached hydrogens (primary N) is 1. The molecule has 112 valence electrons. The van der Waals surface area contributed by atoms with Gasteiger partial charge in [0.2, 0.25) is 10.0 Å². The highest BCUT2D eigenvalue weighted by Gasteiger charge is 2.27. The summed E-state index contributed by atoms with van der Waals surface area (Å²) in [4.78, 5) is 0.0791. The highest BCUT2D eigenvalue weighted by molar-refractivity contribution is 7.89. The maximum Gasteiger partial charge on any atom is 0.241 e. The molecule has 1 aromatic carbocycles. The molecule has 1 fully saturated rings. The molecule has 2 atom stereocenters. The van der Waals surface area contributed by atoms with Gasteiger partial charge in [0.25, 0.3) is 0 Å². The van der Waals surface area contributed by atoms with E-state index >= 15 is 0 Å². The van der Waals surface area contributed by atoms with Crippen molar-refractivity contribution in [2.45, 2.75) is 43.7 Å². The largest absolute Gasteiger partial charge is 0.398 e. The van der Waals surface area contributed by atoms with Crippen LogP contribution in [0.25, 0.3) is 0 Å². The molecule has 1 aliphatic heterocycles. The molecule has 0 saturated carbocycles. The van der Waals surface area contributed by atoms with Crippen LogP contribution in [0.1, 0.15) is 25.3 Å². The van der Waals surface area contributed by atoms with E-state index in [0.29, 0.717) is 22.9 Å². The number of nitrogen functional groups attached to an aromatic ring is 1. The molecule has 2 rings (SSSR count). The zero-order chi connectivity index (χ0) is 14.9. The molecule has 7 heteroatoms. The van der Waals surface area contributed by atoms with Crippen molar-refractivity contribution >= 4 is 27.3 Å². The number of hydrogen-bond acceptors (Lipinski definition) is 4. The van der Waals surface area contributed by atoms with Crippen molar-refractivity contribution in [2.24, 2.45) is 0 Å². The lowest BCUT2D eigenvalue weighted by atomic mass is 10.1. The van der Waals surface area contributed by atoms with Crippen LogP contribution in [-0.4, -0.2) is 27.2 Å². The van der Waals surface area contributed by atoms with Gasteiger partial charge in [0, 0.05) is 23.4 Å². The van der Waals surface area contributed by atoms with Crippen LogP contribution < -0.4 is 10.5 Å². The number of anilines is 1. The van der Waals surface area contributed by atoms with E-state index in [2.05, 4.69) is 4.72 Å². The van der Waals surface area contributed by atoms with Crippen LogP contribution >= 0.6 is 11.6 Å². The fraction of sp³-hybridized carbons (Fsp3) is 0.538. The maximum atomic E-state index is 12.3. The third-order valence-corrected chi connectivity index (χ3v) is 5.46. The van der Waals surface area contributed by atoms with Gasteiger partial charge in [0.1, 0.15) is 0 Å². The van der Waals surface area contributed by atoms with E-state index in [1.54, 1.807) is 13.8 Å². The van der Waals surface area contributed by atoms with Gasteiger partial charge in [-0.15, -0.1) is 0 Å². The van der Waals surface area contributed by atoms with Crippen LogP contribution in [0, 0.1) is 6.92 Å². The van der Waals surface area contributed by atoms with Crippen LogP contribution in [0.15, 0.2) is 17.0 Å². The molecule has 0 bridgehead atoms. The van der Waals surface area contributed by atoms with Crippen molar-refractivity contribution in [3.05, 3.63) is 22.7 Å². The fourth-order valence-electron chi connectivity index (χ4n) is 2.21. The minimum absolute atomic E-state index is 0.0791. The van der Waals surface area contributed by atoms with E-state index in [1.807, 2.05) is 0 Å². The van der Waals surface area contributed by atoms with Crippen LogP contribution in [0.4, 0.5) is 5.69 Å². The molecular formula is C13H19ClN2O3S. The van der Waals surface area contributed by atoms with E-state index < -0.39 is 10.0 Å². The average Bonchev–Trinajstić information content (AvgIpc) is 2.88. The molecule has 0 spiro atoms. The van der Waals surface area contributed by atoms with E-state index in [0.717, 1.165) is 12.8 Å². The van der Waals surface area contributed by atoms with Gasteiger partial charge in [0.05, 0.1) is 11.0 Å². The fourth-order valence-corrected chi connectivity index (χ4v) is 3.84. The van der Waals surface area contributed by atoms with Crippen molar-refractivity contribution in [3.8, 4) is 0 Å². The zero-order valence-electron chi connectivity index (χ0n) is 11.5. The van der Waals surface area contributed by atoms with Crippen molar-refractivity contribution in [2.75, 3.05) is 12.3 Å². The van der Waals surface area contributed by atoms with Gasteiger partial charge >= 0.3 is 0 Å². The Morgan fingerprint density at radius 2 is 2.20 bits per heavy atom. The smallest absolute Gasteiger partial charge is 0.241 e. The first-order chi connectivity index (χ1) is 9.31. The van der Waals surface area contributed by atoms with Gasteiger partial charge in [-0.2, -0.15) is 0 Å². The second kappa shape index (κ2) is 5.89. The number of nitrogens with one attached hydrogen (secondary N) is 1. The van der Waals surface area contributed by atoms with E-state index in [9.17, 15) is 8.42 Å². The summed E-state index contributed by atoms with van der Waals surface area (Å²) in [5.74, 6) is 0. The summed E-state index contributed by atoms with van der Waals surface area (Å²) in [5.41, 5.74) is 6.81. The molecule has 2 unspecified atom stereocenters. The summed E-state index contributed by atoms with van der Waals surface area (Å²) in [7, 11) is -3.65. The van der Waals surface area contributed by atoms with Gasteiger partial charge in [0.15, 0.2) is 0 Å². The molecule has 20 heavy (non-hydrogen) atoms. The third kappa shape index (κ3) is 3.25. The topological polar surface area (TPSA) is 81.4 Å². The Hall–Kier alpha value is -0.820. The van der Waals surface area contributed by atoms with Crippen LogP contribution in [0.3, 0.4) is 0 Å². The second-order valence-corrected chi connectivity index (χ2v) is 7.20. The lowest BCUT2D eigenvalue weighted by Gasteiger charge is -2.20. The number of halogens is 1. The van der Waals surface area contributed by atoms with Gasteiger partial charge in [-0.1, -0.05) is 11.6 Å². The Morgan fingerprint density at radius 3 is 2.75 bits per heavy atom. The third-order valence-electron chi connectivity index (χ3n) is 3.53. The van der Waals surface area contributed by atoms with E-state index in [4.69, 9.17) is 22.1 Å². The summed E-state index contributed by atoms with van der Waals surface area (Å²) in [6.07, 6.45) is 1.74. The molecule has 0 aliphatic carbocycles. The molecule has 1 aliphatic rings. The first-order valence-corrected chi connectivity index (χ1v) is 8.37. The number of hydrogen-bond donors (Lipinski definition) is 2. The van der Waals surface area contributed by atoms with E-state index in [1.165, 1.54) is 12.1 Å². The Balaban J connectivity index is 2.21. The maximum absolute atomic E-state index is 12.3. The van der Waals surface area contributed by atoms with E-state index in [-0.39, 0.29) is 17.0 Å². The Labute approximate surface area is 124 Å². The predicted molar refractivity (Wildman–Crippen MR) is 79.4 cm³/mol. The highest BCUT2D eigenvalue weighted by atomic mass is 35.5. The Kier molecular flexibility index (Phi) is 4.59. The first kappa shape index (κ1) is 15.6. The van der Waals surface area contributed by atoms with Gasteiger partial charge in [-0.25, -0.2) is 13.1 Å². The van der Waals surface area contributed by atoms with Crippen molar-refractivity contribution in [3.63, 3.8) is 0 Å². The SMILES string of the molecule is Cc1c(N)cc(S(=O)(=O)NC(C)C2CCCO2)cc1Cl. The van der Waals surface area contributed by atoms with Crippen molar-refractivity contribution in [1.29, 1.82) is 0 Å². The molecule has 3 N–H and O–H groups in total. The molecular weight excluding hydrogens is 300 g/mol. The molecule has 5 nitrogen and oxygen atoms in total. The number of benzene rings is 1. The van der Waals surface area contributed by atoms with Gasteiger partial charge in [-0.05, 0) is 44.4 Å². The second-order valence-electron chi connectivity index (χ2n) is 5.08. The first-order valence-electron chi connectivity index (χ1n) is 6.51. The zero-order valence-corrected chi connectivity index (χ0v) is 13.1. The molecule has 1 saturated heterocycles. The Bertz CT molecular complexity index is 575. The standard InChI is InChI=1S/C13H19ClN2O3S/c1-8-11(14)6-10(7-12(8)15)20(17,18)16-9(2)13-4-3-5-19-13/h6-7,9,13,16H,3-5,15H2,1-2H3. The summed E-state index contributed by atoms with van der Waals surface area (Å²) >= 11 is 5.99. The summed E-state index contributed by atoms with van der Waals surface area (Å²) in [6.45, 7) is 4.23.